The predicted octanol–water partition coefficient (Wildman–Crippen LogP) is 3.84. The van der Waals surface area contributed by atoms with Crippen molar-refractivity contribution in [1.82, 2.24) is 10.3 Å². The van der Waals surface area contributed by atoms with Crippen LogP contribution in [-0.2, 0) is 4.79 Å². The fourth-order valence-electron chi connectivity index (χ4n) is 4.68. The van der Waals surface area contributed by atoms with Crippen LogP contribution in [0.25, 0.3) is 0 Å². The normalized spacial score (nSPS) is 25.8. The van der Waals surface area contributed by atoms with Gasteiger partial charge in [0.15, 0.2) is 0 Å². The number of fused-ring (bicyclic) bond motifs is 1. The molecule has 1 aromatic heterocycles. The van der Waals surface area contributed by atoms with E-state index < -0.39 is 5.82 Å². The van der Waals surface area contributed by atoms with Crippen LogP contribution in [0, 0.1) is 35.8 Å². The number of hydrogen-bond donors (Lipinski definition) is 2. The highest BCUT2D eigenvalue weighted by Crippen LogP contribution is 2.62. The number of amides is 2. The Hall–Kier alpha value is -2.83. The molecule has 2 aromatic rings. The van der Waals surface area contributed by atoms with E-state index in [0.29, 0.717) is 18.0 Å². The van der Waals surface area contributed by atoms with Crippen molar-refractivity contribution >= 4 is 17.5 Å². The molecule has 3 saturated carbocycles. The lowest BCUT2D eigenvalue weighted by molar-refractivity contribution is -0.125. The van der Waals surface area contributed by atoms with E-state index in [4.69, 9.17) is 0 Å². The van der Waals surface area contributed by atoms with Gasteiger partial charge in [0.05, 0.1) is 11.3 Å². The summed E-state index contributed by atoms with van der Waals surface area (Å²) >= 11 is 0. The molecule has 2 amide bonds. The van der Waals surface area contributed by atoms with Crippen LogP contribution in [0.3, 0.4) is 0 Å². The SMILES string of the molecule is Cc1ncc(C(=O)N[C@H]2CC3([C@H](C)C(=O)Nc4ccc(F)cc4)CC2C3)cc1F. The smallest absolute Gasteiger partial charge is 0.253 e. The molecule has 3 aliphatic rings. The van der Waals surface area contributed by atoms with Crippen molar-refractivity contribution in [2.75, 3.05) is 5.32 Å². The van der Waals surface area contributed by atoms with Gasteiger partial charge < -0.3 is 10.6 Å². The summed E-state index contributed by atoms with van der Waals surface area (Å²) in [6, 6.07) is 6.85. The van der Waals surface area contributed by atoms with Gasteiger partial charge in [-0.15, -0.1) is 0 Å². The standard InChI is InChI=1S/C22H23F2N3O2/c1-12(20(28)26-17-5-3-16(23)4-6-17)22-8-15(9-22)19(10-22)27-21(29)14-7-18(24)13(2)25-11-14/h3-7,11-12,15,19H,8-10H2,1-2H3,(H,26,28)(H,27,29)/t12-,15?,19+,22?/m1/s1. The van der Waals surface area contributed by atoms with Crippen LogP contribution in [0.1, 0.15) is 42.2 Å². The second-order valence-corrected chi connectivity index (χ2v) is 8.32. The third-order valence-corrected chi connectivity index (χ3v) is 6.56. The second-order valence-electron chi connectivity index (χ2n) is 8.32. The van der Waals surface area contributed by atoms with Gasteiger partial charge in [0, 0.05) is 23.8 Å². The number of aryl methyl sites for hydroxylation is 1. The average molecular weight is 399 g/mol. The number of nitrogens with one attached hydrogen (secondary N) is 2. The minimum absolute atomic E-state index is 0.0343. The Morgan fingerprint density at radius 2 is 1.86 bits per heavy atom. The van der Waals surface area contributed by atoms with Gasteiger partial charge in [-0.2, -0.15) is 0 Å². The summed E-state index contributed by atoms with van der Waals surface area (Å²) in [4.78, 5) is 29.1. The minimum atomic E-state index is -0.504. The molecule has 0 saturated heterocycles. The molecule has 29 heavy (non-hydrogen) atoms. The molecule has 5 rings (SSSR count). The summed E-state index contributed by atoms with van der Waals surface area (Å²) in [6.07, 6.45) is 3.83. The molecule has 152 valence electrons. The van der Waals surface area contributed by atoms with Gasteiger partial charge in [0.25, 0.3) is 5.91 Å². The van der Waals surface area contributed by atoms with E-state index in [-0.39, 0.29) is 46.3 Å². The Bertz CT molecular complexity index is 955. The molecule has 0 unspecified atom stereocenters. The van der Waals surface area contributed by atoms with Crippen LogP contribution < -0.4 is 10.6 Å². The summed E-state index contributed by atoms with van der Waals surface area (Å²) in [6.45, 7) is 3.45. The quantitative estimate of drug-likeness (QED) is 0.803. The highest BCUT2D eigenvalue weighted by atomic mass is 19.1. The Balaban J connectivity index is 1.37. The summed E-state index contributed by atoms with van der Waals surface area (Å²) in [7, 11) is 0. The first-order chi connectivity index (χ1) is 13.8. The van der Waals surface area contributed by atoms with Crippen molar-refractivity contribution in [2.24, 2.45) is 17.3 Å². The molecular weight excluding hydrogens is 376 g/mol. The van der Waals surface area contributed by atoms with Crippen LogP contribution in [-0.4, -0.2) is 22.8 Å². The number of aromatic nitrogens is 1. The highest BCUT2D eigenvalue weighted by Gasteiger charge is 2.60. The van der Waals surface area contributed by atoms with Gasteiger partial charge in [0.1, 0.15) is 11.6 Å². The Morgan fingerprint density at radius 1 is 1.17 bits per heavy atom. The molecule has 0 spiro atoms. The van der Waals surface area contributed by atoms with Crippen molar-refractivity contribution in [3.8, 4) is 0 Å². The number of anilines is 1. The first kappa shape index (κ1) is 19.5. The molecule has 3 aliphatic carbocycles. The summed E-state index contributed by atoms with van der Waals surface area (Å²) in [5.41, 5.74) is 0.869. The van der Waals surface area contributed by atoms with E-state index in [0.717, 1.165) is 12.8 Å². The summed E-state index contributed by atoms with van der Waals surface area (Å²) < 4.78 is 26.7. The van der Waals surface area contributed by atoms with Gasteiger partial charge in [-0.1, -0.05) is 6.92 Å². The van der Waals surface area contributed by atoms with E-state index >= 15 is 0 Å². The van der Waals surface area contributed by atoms with Crippen molar-refractivity contribution in [1.29, 1.82) is 0 Å². The Kier molecular flexibility index (Phi) is 4.84. The van der Waals surface area contributed by atoms with Crippen LogP contribution in [0.5, 0.6) is 0 Å². The topological polar surface area (TPSA) is 71.1 Å². The van der Waals surface area contributed by atoms with E-state index in [9.17, 15) is 18.4 Å². The number of benzene rings is 1. The zero-order chi connectivity index (χ0) is 20.8. The molecular formula is C22H23F2N3O2. The van der Waals surface area contributed by atoms with Gasteiger partial charge in [-0.3, -0.25) is 14.6 Å². The molecule has 2 N–H and O–H groups in total. The molecule has 2 atom stereocenters. The number of nitrogens with zero attached hydrogens (tertiary/aromatic N) is 1. The minimum Gasteiger partial charge on any atom is -0.349 e. The number of carbonyl (C=O) groups is 2. The molecule has 1 aromatic carbocycles. The molecule has 1 heterocycles. The lowest BCUT2D eigenvalue weighted by Gasteiger charge is -2.42. The Labute approximate surface area is 167 Å². The van der Waals surface area contributed by atoms with E-state index in [1.165, 1.54) is 36.5 Å². The monoisotopic (exact) mass is 399 g/mol. The maximum absolute atomic E-state index is 13.7. The van der Waals surface area contributed by atoms with Crippen molar-refractivity contribution in [3.05, 3.63) is 59.4 Å². The predicted molar refractivity (Wildman–Crippen MR) is 104 cm³/mol. The van der Waals surface area contributed by atoms with Crippen LogP contribution in [0.15, 0.2) is 36.5 Å². The van der Waals surface area contributed by atoms with E-state index in [2.05, 4.69) is 15.6 Å². The van der Waals surface area contributed by atoms with Crippen molar-refractivity contribution in [3.63, 3.8) is 0 Å². The van der Waals surface area contributed by atoms with Crippen molar-refractivity contribution < 1.29 is 18.4 Å². The van der Waals surface area contributed by atoms with Crippen LogP contribution in [0.2, 0.25) is 0 Å². The Morgan fingerprint density at radius 3 is 2.52 bits per heavy atom. The fraction of sp³-hybridized carbons (Fsp3) is 0.409. The van der Waals surface area contributed by atoms with Gasteiger partial charge in [-0.25, -0.2) is 8.78 Å². The van der Waals surface area contributed by atoms with Gasteiger partial charge in [0.2, 0.25) is 5.91 Å². The van der Waals surface area contributed by atoms with Gasteiger partial charge in [-0.05, 0) is 67.9 Å². The molecule has 5 nitrogen and oxygen atoms in total. The van der Waals surface area contributed by atoms with Gasteiger partial charge >= 0.3 is 0 Å². The van der Waals surface area contributed by atoms with Crippen LogP contribution in [0.4, 0.5) is 14.5 Å². The summed E-state index contributed by atoms with van der Waals surface area (Å²) in [5.74, 6) is -1.21. The summed E-state index contributed by atoms with van der Waals surface area (Å²) in [5, 5.41) is 5.83. The van der Waals surface area contributed by atoms with E-state index in [1.54, 1.807) is 6.92 Å². The maximum Gasteiger partial charge on any atom is 0.253 e. The molecule has 3 fully saturated rings. The molecule has 2 bridgehead atoms. The maximum atomic E-state index is 13.7. The first-order valence-electron chi connectivity index (χ1n) is 9.77. The lowest BCUT2D eigenvalue weighted by Crippen LogP contribution is -2.41. The van der Waals surface area contributed by atoms with E-state index in [1.807, 2.05) is 6.92 Å². The number of hydrogen-bond acceptors (Lipinski definition) is 3. The molecule has 0 radical (unpaired) electrons. The third kappa shape index (κ3) is 3.61. The molecule has 0 aliphatic heterocycles. The molecule has 7 heteroatoms. The third-order valence-electron chi connectivity index (χ3n) is 6.56. The number of pyridine rings is 1. The number of carbonyl (C=O) groups excluding carboxylic acids is 2. The zero-order valence-electron chi connectivity index (χ0n) is 16.3. The fourth-order valence-corrected chi connectivity index (χ4v) is 4.68. The zero-order valence-corrected chi connectivity index (χ0v) is 16.3. The second kappa shape index (κ2) is 7.21. The number of halogens is 2. The largest absolute Gasteiger partial charge is 0.349 e. The first-order valence-corrected chi connectivity index (χ1v) is 9.77. The number of rotatable bonds is 5. The van der Waals surface area contributed by atoms with Crippen LogP contribution >= 0.6 is 0 Å². The highest BCUT2D eigenvalue weighted by molar-refractivity contribution is 5.94. The van der Waals surface area contributed by atoms with Crippen molar-refractivity contribution in [2.45, 2.75) is 39.2 Å². The lowest BCUT2D eigenvalue weighted by atomic mass is 9.62. The average Bonchev–Trinajstić information content (AvgIpc) is 3.20.